The molecule has 48 heavy (non-hydrogen) atoms. The molecule has 1 unspecified atom stereocenters. The highest BCUT2D eigenvalue weighted by molar-refractivity contribution is 5.69. The van der Waals surface area contributed by atoms with Crippen molar-refractivity contribution in [3.8, 4) is 0 Å². The number of esters is 1. The number of carbonyl (C=O) groups excluding carboxylic acids is 1. The summed E-state index contributed by atoms with van der Waals surface area (Å²) in [6.07, 6.45) is 50.7. The molecule has 0 rings (SSSR count). The molecule has 0 fully saturated rings. The third-order valence-corrected chi connectivity index (χ3v) is 9.68. The molecule has 0 saturated carbocycles. The van der Waals surface area contributed by atoms with Crippen LogP contribution in [0.2, 0.25) is 0 Å². The molecule has 0 amide bonds. The van der Waals surface area contributed by atoms with Gasteiger partial charge in [0, 0.05) is 12.8 Å². The summed E-state index contributed by atoms with van der Waals surface area (Å²) in [6, 6.07) is 0. The van der Waals surface area contributed by atoms with Gasteiger partial charge in [-0.2, -0.15) is 0 Å². The molecule has 0 aliphatic heterocycles. The number of rotatable bonds is 39. The maximum absolute atomic E-state index is 12.7. The molecule has 282 valence electrons. The summed E-state index contributed by atoms with van der Waals surface area (Å²) >= 11 is 0. The van der Waals surface area contributed by atoms with Crippen LogP contribution in [0.4, 0.5) is 0 Å². The van der Waals surface area contributed by atoms with Crippen LogP contribution in [-0.2, 0) is 14.3 Å². The molecule has 1 atom stereocenters. The van der Waals surface area contributed by atoms with E-state index in [1.54, 1.807) is 0 Å². The Balaban J connectivity index is 3.86. The molecule has 0 heterocycles. The van der Waals surface area contributed by atoms with Gasteiger partial charge in [0.25, 0.3) is 0 Å². The van der Waals surface area contributed by atoms with E-state index in [1.165, 1.54) is 135 Å². The number of unbranched alkanes of at least 4 members (excludes halogenated alkanes) is 26. The Hall–Kier alpha value is -1.58. The number of carboxylic acids is 1. The fourth-order valence-corrected chi connectivity index (χ4v) is 6.51. The molecule has 0 spiro atoms. The van der Waals surface area contributed by atoms with E-state index in [2.05, 4.69) is 38.2 Å². The number of aliphatic carboxylic acids is 1. The molecule has 0 radical (unpaired) electrons. The lowest BCUT2D eigenvalue weighted by Gasteiger charge is -2.18. The average molecular weight is 675 g/mol. The van der Waals surface area contributed by atoms with E-state index in [1.807, 2.05) is 0 Å². The Labute approximate surface area is 299 Å². The zero-order chi connectivity index (χ0) is 35.0. The second-order valence-corrected chi connectivity index (χ2v) is 14.5. The second kappa shape index (κ2) is 39.9. The van der Waals surface area contributed by atoms with Crippen LogP contribution in [0, 0.1) is 0 Å². The van der Waals surface area contributed by atoms with Crippen LogP contribution >= 0.6 is 0 Å². The number of carboxylic acid groups (broad SMARTS) is 1. The van der Waals surface area contributed by atoms with Crippen LogP contribution in [0.5, 0.6) is 0 Å². The Morgan fingerprint density at radius 3 is 1.27 bits per heavy atom. The van der Waals surface area contributed by atoms with Gasteiger partial charge >= 0.3 is 11.9 Å². The van der Waals surface area contributed by atoms with Crippen molar-refractivity contribution in [2.75, 3.05) is 0 Å². The highest BCUT2D eigenvalue weighted by Gasteiger charge is 2.14. The molecule has 0 aromatic rings. The smallest absolute Gasteiger partial charge is 0.306 e. The van der Waals surface area contributed by atoms with Crippen molar-refractivity contribution >= 4 is 11.9 Å². The average Bonchev–Trinajstić information content (AvgIpc) is 3.07. The Kier molecular flexibility index (Phi) is 38.5. The van der Waals surface area contributed by atoms with Crippen LogP contribution in [0.3, 0.4) is 0 Å². The third-order valence-electron chi connectivity index (χ3n) is 9.68. The van der Waals surface area contributed by atoms with Gasteiger partial charge in [-0.15, -0.1) is 0 Å². The van der Waals surface area contributed by atoms with Gasteiger partial charge in [0.05, 0.1) is 0 Å². The lowest BCUT2D eigenvalue weighted by molar-refractivity contribution is -0.150. The van der Waals surface area contributed by atoms with Gasteiger partial charge < -0.3 is 9.84 Å². The van der Waals surface area contributed by atoms with Crippen molar-refractivity contribution in [1.29, 1.82) is 0 Å². The van der Waals surface area contributed by atoms with Gasteiger partial charge in [-0.1, -0.05) is 179 Å². The van der Waals surface area contributed by atoms with Crippen LogP contribution < -0.4 is 0 Å². The highest BCUT2D eigenvalue weighted by atomic mass is 16.5. The summed E-state index contributed by atoms with van der Waals surface area (Å²) in [6.45, 7) is 4.52. The van der Waals surface area contributed by atoms with E-state index in [0.717, 1.165) is 77.0 Å². The predicted molar refractivity (Wildman–Crippen MR) is 209 cm³/mol. The van der Waals surface area contributed by atoms with Gasteiger partial charge in [0.2, 0.25) is 0 Å². The molecule has 0 bridgehead atoms. The topological polar surface area (TPSA) is 63.6 Å². The van der Waals surface area contributed by atoms with Gasteiger partial charge in [0.1, 0.15) is 6.10 Å². The Morgan fingerprint density at radius 2 is 0.812 bits per heavy atom. The summed E-state index contributed by atoms with van der Waals surface area (Å²) in [7, 11) is 0. The standard InChI is InChI=1S/C44H82O4/c1-3-5-7-9-11-13-14-15-16-17-18-19-20-21-22-23-24-25-27-33-37-41-44(47)48-42(38-34-30-26-12-10-8-6-4-2)39-35-31-28-29-32-36-40-43(45)46/h11,13,15-16,42H,3-10,12,14,17-41H2,1-2H3,(H,45,46)/b13-11-,16-15-. The van der Waals surface area contributed by atoms with E-state index in [0.29, 0.717) is 6.42 Å². The maximum Gasteiger partial charge on any atom is 0.306 e. The number of hydrogen-bond acceptors (Lipinski definition) is 3. The summed E-state index contributed by atoms with van der Waals surface area (Å²) in [4.78, 5) is 23.3. The van der Waals surface area contributed by atoms with Crippen molar-refractivity contribution in [1.82, 2.24) is 0 Å². The number of ether oxygens (including phenoxy) is 1. The summed E-state index contributed by atoms with van der Waals surface area (Å²) in [5.74, 6) is -0.679. The fraction of sp³-hybridized carbons (Fsp3) is 0.864. The lowest BCUT2D eigenvalue weighted by atomic mass is 10.0. The monoisotopic (exact) mass is 675 g/mol. The molecular formula is C44H82O4. The minimum absolute atomic E-state index is 0.0124. The van der Waals surface area contributed by atoms with E-state index in [-0.39, 0.29) is 18.5 Å². The zero-order valence-electron chi connectivity index (χ0n) is 32.3. The zero-order valence-corrected chi connectivity index (χ0v) is 32.3. The first kappa shape index (κ1) is 46.4. The molecule has 0 aliphatic carbocycles. The molecule has 0 saturated heterocycles. The fourth-order valence-electron chi connectivity index (χ4n) is 6.51. The summed E-state index contributed by atoms with van der Waals surface area (Å²) in [5, 5.41) is 8.79. The van der Waals surface area contributed by atoms with E-state index in [4.69, 9.17) is 9.84 Å². The Bertz CT molecular complexity index is 727. The lowest BCUT2D eigenvalue weighted by Crippen LogP contribution is -2.18. The normalized spacial score (nSPS) is 12.4. The molecule has 4 nitrogen and oxygen atoms in total. The van der Waals surface area contributed by atoms with Crippen LogP contribution in [0.1, 0.15) is 239 Å². The van der Waals surface area contributed by atoms with E-state index >= 15 is 0 Å². The van der Waals surface area contributed by atoms with Crippen LogP contribution in [0.15, 0.2) is 24.3 Å². The minimum atomic E-state index is -0.691. The number of carbonyl (C=O) groups is 2. The molecule has 0 aromatic heterocycles. The number of hydrogen-bond donors (Lipinski definition) is 1. The van der Waals surface area contributed by atoms with Crippen molar-refractivity contribution in [2.24, 2.45) is 0 Å². The first-order valence-electron chi connectivity index (χ1n) is 21.3. The summed E-state index contributed by atoms with van der Waals surface area (Å²) in [5.41, 5.74) is 0. The molecule has 0 aromatic carbocycles. The minimum Gasteiger partial charge on any atom is -0.481 e. The molecule has 0 aliphatic rings. The second-order valence-electron chi connectivity index (χ2n) is 14.5. The SMILES string of the molecule is CCCCC/C=C\C/C=C\CCCCCCCCCCCCCC(=O)OC(CCCCCCCCCC)CCCCCCCCC(=O)O. The maximum atomic E-state index is 12.7. The summed E-state index contributed by atoms with van der Waals surface area (Å²) < 4.78 is 6.01. The quantitative estimate of drug-likeness (QED) is 0.0400. The first-order valence-corrected chi connectivity index (χ1v) is 21.3. The van der Waals surface area contributed by atoms with Crippen LogP contribution in [-0.4, -0.2) is 23.1 Å². The largest absolute Gasteiger partial charge is 0.481 e. The van der Waals surface area contributed by atoms with Crippen molar-refractivity contribution < 1.29 is 19.4 Å². The van der Waals surface area contributed by atoms with E-state index < -0.39 is 5.97 Å². The van der Waals surface area contributed by atoms with Gasteiger partial charge in [-0.3, -0.25) is 9.59 Å². The van der Waals surface area contributed by atoms with Gasteiger partial charge in [-0.05, 0) is 70.6 Å². The predicted octanol–water partition coefficient (Wildman–Crippen LogP) is 14.8. The molecular weight excluding hydrogens is 592 g/mol. The molecule has 4 heteroatoms. The molecule has 1 N–H and O–H groups in total. The van der Waals surface area contributed by atoms with Gasteiger partial charge in [-0.25, -0.2) is 0 Å². The number of allylic oxidation sites excluding steroid dienone is 4. The first-order chi connectivity index (χ1) is 23.6. The van der Waals surface area contributed by atoms with Crippen molar-refractivity contribution in [2.45, 2.75) is 245 Å². The highest BCUT2D eigenvalue weighted by Crippen LogP contribution is 2.19. The Morgan fingerprint density at radius 1 is 0.458 bits per heavy atom. The third kappa shape index (κ3) is 38.9. The van der Waals surface area contributed by atoms with Crippen molar-refractivity contribution in [3.63, 3.8) is 0 Å². The van der Waals surface area contributed by atoms with Gasteiger partial charge in [0.15, 0.2) is 0 Å². The van der Waals surface area contributed by atoms with E-state index in [9.17, 15) is 9.59 Å². The van der Waals surface area contributed by atoms with Crippen molar-refractivity contribution in [3.05, 3.63) is 24.3 Å². The van der Waals surface area contributed by atoms with Crippen LogP contribution in [0.25, 0.3) is 0 Å².